The molecule has 0 N–H and O–H groups in total. The van der Waals surface area contributed by atoms with Crippen molar-refractivity contribution in [2.45, 2.75) is 0 Å². The quantitative estimate of drug-likeness (QED) is 0.101. The molecule has 0 bridgehead atoms. The largest absolute Gasteiger partial charge is 0.0999 e. The van der Waals surface area contributed by atoms with E-state index in [1.165, 1.54) is 55.6 Å². The van der Waals surface area contributed by atoms with Crippen LogP contribution in [-0.4, -0.2) is 0 Å². The van der Waals surface area contributed by atoms with E-state index in [9.17, 15) is 0 Å². The molecule has 0 aliphatic carbocycles. The van der Waals surface area contributed by atoms with Crippen LogP contribution >= 0.6 is 20.5 Å². The van der Waals surface area contributed by atoms with E-state index in [-0.39, 0.29) is 0 Å². The van der Waals surface area contributed by atoms with E-state index in [1.54, 1.807) is 20.5 Å². The first-order valence-corrected chi connectivity index (χ1v) is 15.4. The van der Waals surface area contributed by atoms with Gasteiger partial charge in [-0.2, -0.15) is 0 Å². The second kappa shape index (κ2) is 12.3. The van der Waals surface area contributed by atoms with Crippen molar-refractivity contribution in [2.75, 3.05) is 0 Å². The first kappa shape index (κ1) is 25.3. The van der Waals surface area contributed by atoms with Crippen LogP contribution in [0.3, 0.4) is 0 Å². The Morgan fingerprint density at radius 3 is 0.946 bits per heavy atom. The molecule has 0 aliphatic heterocycles. The summed E-state index contributed by atoms with van der Waals surface area (Å²) in [6.45, 7) is 0. The Bertz CT molecular complexity index is 1240. The molecule has 0 fully saturated rings. The van der Waals surface area contributed by atoms with Crippen LogP contribution in [-0.2, 0) is 12.3 Å². The van der Waals surface area contributed by atoms with Crippen molar-refractivity contribution < 1.29 is 12.3 Å². The molecule has 0 saturated heterocycles. The molecule has 0 atom stereocenters. The van der Waals surface area contributed by atoms with Gasteiger partial charge in [-0.15, -0.1) is 0 Å². The van der Waals surface area contributed by atoms with Crippen molar-refractivity contribution in [1.29, 1.82) is 0 Å². The molecule has 0 aliphatic rings. The second-order valence-corrected chi connectivity index (χ2v) is 8.71. The Morgan fingerprint density at radius 1 is 0.351 bits per heavy atom. The molecule has 0 aromatic heterocycles. The van der Waals surface area contributed by atoms with Gasteiger partial charge >= 0.3 is 32.8 Å². The van der Waals surface area contributed by atoms with E-state index < -0.39 is 0 Å². The van der Waals surface area contributed by atoms with Gasteiger partial charge in [0, 0.05) is 0 Å². The first-order chi connectivity index (χ1) is 18.4. The summed E-state index contributed by atoms with van der Waals surface area (Å²) in [4.78, 5) is 0. The third-order valence-corrected chi connectivity index (χ3v) is 6.56. The number of benzene rings is 5. The summed E-state index contributed by atoms with van der Waals surface area (Å²) >= 11 is 5.62. The molecule has 6 rings (SSSR count). The molecule has 0 nitrogen and oxygen atoms in total. The Hall–Kier alpha value is -3.33. The topological polar surface area (TPSA) is 0 Å². The van der Waals surface area contributed by atoms with Crippen molar-refractivity contribution in [2.24, 2.45) is 0 Å². The van der Waals surface area contributed by atoms with Gasteiger partial charge in [-0.3, -0.25) is 0 Å². The fourth-order valence-corrected chi connectivity index (χ4v) is 5.09. The fraction of sp³-hybridized carbons (Fsp3) is 0. The van der Waals surface area contributed by atoms with E-state index in [2.05, 4.69) is 164 Å². The van der Waals surface area contributed by atoms with Gasteiger partial charge in [-0.25, -0.2) is 0 Å². The van der Waals surface area contributed by atoms with Crippen molar-refractivity contribution in [1.82, 2.24) is 0 Å². The summed E-state index contributed by atoms with van der Waals surface area (Å²) in [5, 5.41) is 0. The van der Waals surface area contributed by atoms with Crippen LogP contribution in [0.15, 0.2) is 152 Å². The molecule has 0 heterocycles. The summed E-state index contributed by atoms with van der Waals surface area (Å²) in [6, 6.07) is 54.1. The van der Waals surface area contributed by atoms with Crippen LogP contribution in [0.2, 0.25) is 0 Å². The van der Waals surface area contributed by atoms with E-state index in [0.717, 1.165) is 0 Å². The van der Waals surface area contributed by atoms with Crippen molar-refractivity contribution in [3.63, 3.8) is 0 Å². The Labute approximate surface area is 238 Å². The maximum Gasteiger partial charge on any atom is -0.0465 e. The minimum absolute atomic E-state index is 1.23. The van der Waals surface area contributed by atoms with Crippen LogP contribution in [0.1, 0.15) is 0 Å². The summed E-state index contributed by atoms with van der Waals surface area (Å²) in [5.41, 5.74) is 12.5. The van der Waals surface area contributed by atoms with Crippen molar-refractivity contribution >= 4 is 20.5 Å². The predicted molar refractivity (Wildman–Crippen MR) is 163 cm³/mol. The number of rotatable bonds is 5. The van der Waals surface area contributed by atoms with Gasteiger partial charge in [0.05, 0.1) is 0 Å². The van der Waals surface area contributed by atoms with Gasteiger partial charge in [-0.05, 0) is 11.1 Å². The standard InChI is InChI=1S/C35H25.HI.Ni/c1-6-16-26(17-7-1)31-32(27-18-8-2-9-19-27)34(29-22-12-4-13-23-29)35(30-24-14-5-15-25-30)33(31)28-20-10-3-11-21-28;;/h1-25H;1H;/q-1;;+1/p-1. The first-order valence-electron chi connectivity index (χ1n) is 12.2. The monoisotopic (exact) mass is 630 g/mol. The van der Waals surface area contributed by atoms with Gasteiger partial charge in [0.1, 0.15) is 0 Å². The number of hydrogen-bond donors (Lipinski definition) is 0. The number of halogens is 1. The molecule has 37 heavy (non-hydrogen) atoms. The third kappa shape index (κ3) is 5.23. The maximum atomic E-state index is 3.84. The molecule has 0 saturated carbocycles. The smallest absolute Gasteiger partial charge is 0.0465 e. The van der Waals surface area contributed by atoms with Crippen LogP contribution in [0.25, 0.3) is 55.6 Å². The van der Waals surface area contributed by atoms with E-state index in [1.807, 2.05) is 0 Å². The van der Waals surface area contributed by atoms with E-state index in [4.69, 9.17) is 0 Å². The molecule has 0 radical (unpaired) electrons. The average molecular weight is 631 g/mol. The SMILES string of the molecule is [Ni][I].c1ccc(-c2c(-c3ccccc3)c(-c3ccccc3)[c-](-c3ccccc3)c2-c2ccccc2)cc1. The average Bonchev–Trinajstić information content (AvgIpc) is 3.37. The van der Waals surface area contributed by atoms with Gasteiger partial charge < -0.3 is 0 Å². The predicted octanol–water partition coefficient (Wildman–Crippen LogP) is 10.6. The van der Waals surface area contributed by atoms with Crippen molar-refractivity contribution in [3.05, 3.63) is 152 Å². The Morgan fingerprint density at radius 2 is 0.622 bits per heavy atom. The van der Waals surface area contributed by atoms with Gasteiger partial charge in [0.25, 0.3) is 0 Å². The van der Waals surface area contributed by atoms with Crippen LogP contribution in [0.5, 0.6) is 0 Å². The maximum absolute atomic E-state index is 3.84. The fourth-order valence-electron chi connectivity index (χ4n) is 5.09. The molecular formula is C35H25INi-. The Kier molecular flexibility index (Phi) is 8.40. The van der Waals surface area contributed by atoms with Gasteiger partial charge in [-0.1, -0.05) is 196 Å². The van der Waals surface area contributed by atoms with Crippen LogP contribution in [0, 0.1) is 0 Å². The molecule has 6 aromatic carbocycles. The molecule has 0 unspecified atom stereocenters. The molecule has 2 heteroatoms. The van der Waals surface area contributed by atoms with Crippen molar-refractivity contribution in [3.8, 4) is 55.6 Å². The van der Waals surface area contributed by atoms with E-state index in [0.29, 0.717) is 0 Å². The second-order valence-electron chi connectivity index (χ2n) is 8.71. The molecule has 6 aromatic rings. The number of hydrogen-bond acceptors (Lipinski definition) is 0. The zero-order valence-corrected chi connectivity index (χ0v) is 23.3. The zero-order chi connectivity index (χ0) is 25.5. The van der Waals surface area contributed by atoms with Crippen LogP contribution in [0.4, 0.5) is 0 Å². The van der Waals surface area contributed by atoms with Crippen LogP contribution < -0.4 is 0 Å². The molecular weight excluding hydrogens is 606 g/mol. The molecule has 183 valence electrons. The normalized spacial score (nSPS) is 10.5. The van der Waals surface area contributed by atoms with Gasteiger partial charge in [0.15, 0.2) is 0 Å². The van der Waals surface area contributed by atoms with E-state index >= 15 is 0 Å². The minimum atomic E-state index is 1.23. The summed E-state index contributed by atoms with van der Waals surface area (Å²) < 4.78 is 0. The minimum Gasteiger partial charge on any atom is -0.0999 e. The van der Waals surface area contributed by atoms with Gasteiger partial charge in [0.2, 0.25) is 0 Å². The zero-order valence-electron chi connectivity index (χ0n) is 20.1. The summed E-state index contributed by atoms with van der Waals surface area (Å²) in [5.74, 6) is 0. The summed E-state index contributed by atoms with van der Waals surface area (Å²) in [6.07, 6.45) is 0. The molecule has 0 spiro atoms. The third-order valence-electron chi connectivity index (χ3n) is 6.56. The Balaban J connectivity index is 0.00000137. The molecule has 0 amide bonds. The summed E-state index contributed by atoms with van der Waals surface area (Å²) in [7, 11) is 0.